The van der Waals surface area contributed by atoms with Gasteiger partial charge in [0.15, 0.2) is 0 Å². The Kier molecular flexibility index (Phi) is 5.73. The Labute approximate surface area is 100 Å². The number of hydrogen-bond donors (Lipinski definition) is 2. The van der Waals surface area contributed by atoms with Crippen LogP contribution in [0, 0.1) is 0 Å². The van der Waals surface area contributed by atoms with E-state index in [1.54, 1.807) is 0 Å². The minimum Gasteiger partial charge on any atom is -0.390 e. The monoisotopic (exact) mass is 228 g/mol. The molecule has 1 fully saturated rings. The van der Waals surface area contributed by atoms with Crippen LogP contribution in [0.3, 0.4) is 0 Å². The maximum Gasteiger partial charge on any atom is 0.0603 e. The van der Waals surface area contributed by atoms with Crippen molar-refractivity contribution in [3.05, 3.63) is 0 Å². The zero-order chi connectivity index (χ0) is 12.0. The highest BCUT2D eigenvalue weighted by molar-refractivity contribution is 4.80. The van der Waals surface area contributed by atoms with E-state index in [2.05, 4.69) is 17.1 Å². The van der Waals surface area contributed by atoms with E-state index < -0.39 is 5.60 Å². The van der Waals surface area contributed by atoms with Crippen molar-refractivity contribution in [1.82, 2.24) is 10.2 Å². The number of aliphatic hydroxyl groups is 1. The van der Waals surface area contributed by atoms with Crippen molar-refractivity contribution in [2.75, 3.05) is 26.2 Å². The topological polar surface area (TPSA) is 35.5 Å². The highest BCUT2D eigenvalue weighted by Crippen LogP contribution is 2.18. The average Bonchev–Trinajstić information content (AvgIpc) is 2.23. The number of nitrogens with zero attached hydrogens (tertiary/aromatic N) is 1. The summed E-state index contributed by atoms with van der Waals surface area (Å²) in [6.07, 6.45) is 4.85. The SMILES string of the molecule is CCNCC1CCCCN1CCC(C)(C)O. The first-order valence-corrected chi connectivity index (χ1v) is 6.70. The molecule has 3 nitrogen and oxygen atoms in total. The Bertz CT molecular complexity index is 189. The molecule has 1 aliphatic rings. The molecule has 1 saturated heterocycles. The van der Waals surface area contributed by atoms with E-state index >= 15 is 0 Å². The molecule has 1 aliphatic heterocycles. The molecule has 0 amide bonds. The fraction of sp³-hybridized carbons (Fsp3) is 1.00. The highest BCUT2D eigenvalue weighted by Gasteiger charge is 2.23. The third-order valence-corrected chi connectivity index (χ3v) is 3.39. The molecule has 0 spiro atoms. The van der Waals surface area contributed by atoms with Gasteiger partial charge in [-0.25, -0.2) is 0 Å². The lowest BCUT2D eigenvalue weighted by atomic mass is 9.99. The zero-order valence-corrected chi connectivity index (χ0v) is 11.1. The molecule has 0 radical (unpaired) electrons. The lowest BCUT2D eigenvalue weighted by molar-refractivity contribution is 0.0442. The third-order valence-electron chi connectivity index (χ3n) is 3.39. The van der Waals surface area contributed by atoms with Gasteiger partial charge in [0.25, 0.3) is 0 Å². The maximum absolute atomic E-state index is 9.77. The van der Waals surface area contributed by atoms with Gasteiger partial charge in [-0.2, -0.15) is 0 Å². The van der Waals surface area contributed by atoms with Crippen LogP contribution in [0.15, 0.2) is 0 Å². The Hall–Kier alpha value is -0.120. The second-order valence-electron chi connectivity index (χ2n) is 5.56. The van der Waals surface area contributed by atoms with Gasteiger partial charge in [0.05, 0.1) is 5.60 Å². The Morgan fingerprint density at radius 1 is 1.38 bits per heavy atom. The molecule has 1 heterocycles. The van der Waals surface area contributed by atoms with Crippen LogP contribution in [0.4, 0.5) is 0 Å². The molecule has 1 rings (SSSR count). The number of piperidine rings is 1. The van der Waals surface area contributed by atoms with Gasteiger partial charge in [0, 0.05) is 19.1 Å². The molecular weight excluding hydrogens is 200 g/mol. The van der Waals surface area contributed by atoms with Crippen molar-refractivity contribution < 1.29 is 5.11 Å². The molecule has 0 aromatic heterocycles. The molecule has 0 bridgehead atoms. The summed E-state index contributed by atoms with van der Waals surface area (Å²) in [6.45, 7) is 10.3. The first kappa shape index (κ1) is 13.9. The van der Waals surface area contributed by atoms with Crippen LogP contribution in [0.2, 0.25) is 0 Å². The largest absolute Gasteiger partial charge is 0.390 e. The molecule has 2 N–H and O–H groups in total. The van der Waals surface area contributed by atoms with Gasteiger partial charge in [-0.05, 0) is 46.2 Å². The van der Waals surface area contributed by atoms with Crippen LogP contribution in [-0.4, -0.2) is 47.8 Å². The fourth-order valence-corrected chi connectivity index (χ4v) is 2.31. The van der Waals surface area contributed by atoms with Crippen LogP contribution in [-0.2, 0) is 0 Å². The maximum atomic E-state index is 9.77. The van der Waals surface area contributed by atoms with Gasteiger partial charge in [0.1, 0.15) is 0 Å². The summed E-state index contributed by atoms with van der Waals surface area (Å²) in [5, 5.41) is 13.2. The van der Waals surface area contributed by atoms with Gasteiger partial charge in [-0.1, -0.05) is 13.3 Å². The van der Waals surface area contributed by atoms with Gasteiger partial charge in [-0.15, -0.1) is 0 Å². The van der Waals surface area contributed by atoms with Gasteiger partial charge in [0.2, 0.25) is 0 Å². The summed E-state index contributed by atoms with van der Waals surface area (Å²) < 4.78 is 0. The molecule has 96 valence electrons. The molecule has 0 saturated carbocycles. The van der Waals surface area contributed by atoms with Gasteiger partial charge in [-0.3, -0.25) is 4.90 Å². The smallest absolute Gasteiger partial charge is 0.0603 e. The van der Waals surface area contributed by atoms with E-state index in [0.29, 0.717) is 6.04 Å². The summed E-state index contributed by atoms with van der Waals surface area (Å²) in [5.74, 6) is 0. The van der Waals surface area contributed by atoms with E-state index in [4.69, 9.17) is 0 Å². The summed E-state index contributed by atoms with van der Waals surface area (Å²) in [5.41, 5.74) is -0.528. The van der Waals surface area contributed by atoms with E-state index in [-0.39, 0.29) is 0 Å². The molecule has 16 heavy (non-hydrogen) atoms. The number of rotatable bonds is 6. The van der Waals surface area contributed by atoms with E-state index in [1.165, 1.54) is 25.8 Å². The Balaban J connectivity index is 2.34. The van der Waals surface area contributed by atoms with Crippen LogP contribution in [0.25, 0.3) is 0 Å². The molecule has 0 aliphatic carbocycles. The van der Waals surface area contributed by atoms with Crippen molar-refractivity contribution in [1.29, 1.82) is 0 Å². The summed E-state index contributed by atoms with van der Waals surface area (Å²) >= 11 is 0. The second kappa shape index (κ2) is 6.58. The van der Waals surface area contributed by atoms with E-state index in [1.807, 2.05) is 13.8 Å². The van der Waals surface area contributed by atoms with Crippen molar-refractivity contribution in [2.24, 2.45) is 0 Å². The quantitative estimate of drug-likeness (QED) is 0.725. The number of likely N-dealkylation sites (tertiary alicyclic amines) is 1. The standard InChI is InChI=1S/C13H28N2O/c1-4-14-11-12-7-5-6-9-15(12)10-8-13(2,3)16/h12,14,16H,4-11H2,1-3H3. The van der Waals surface area contributed by atoms with E-state index in [0.717, 1.165) is 26.1 Å². The van der Waals surface area contributed by atoms with Crippen LogP contribution < -0.4 is 5.32 Å². The molecule has 1 unspecified atom stereocenters. The predicted octanol–water partition coefficient (Wildman–Crippen LogP) is 1.61. The number of hydrogen-bond acceptors (Lipinski definition) is 3. The van der Waals surface area contributed by atoms with Crippen LogP contribution >= 0.6 is 0 Å². The minimum absolute atomic E-state index is 0.528. The summed E-state index contributed by atoms with van der Waals surface area (Å²) in [7, 11) is 0. The lowest BCUT2D eigenvalue weighted by Crippen LogP contribution is -2.47. The highest BCUT2D eigenvalue weighted by atomic mass is 16.3. The molecule has 0 aromatic rings. The molecule has 3 heteroatoms. The normalized spacial score (nSPS) is 23.6. The minimum atomic E-state index is -0.528. The average molecular weight is 228 g/mol. The molecule has 0 aromatic carbocycles. The Morgan fingerprint density at radius 2 is 2.12 bits per heavy atom. The van der Waals surface area contributed by atoms with Crippen molar-refractivity contribution >= 4 is 0 Å². The first-order chi connectivity index (χ1) is 7.53. The van der Waals surface area contributed by atoms with Crippen LogP contribution in [0.5, 0.6) is 0 Å². The van der Waals surface area contributed by atoms with Crippen molar-refractivity contribution in [3.8, 4) is 0 Å². The number of nitrogens with one attached hydrogen (secondary N) is 1. The zero-order valence-electron chi connectivity index (χ0n) is 11.1. The third kappa shape index (κ3) is 5.28. The molecular formula is C13H28N2O. The van der Waals surface area contributed by atoms with Crippen LogP contribution in [0.1, 0.15) is 46.5 Å². The molecule has 1 atom stereocenters. The first-order valence-electron chi connectivity index (χ1n) is 6.70. The summed E-state index contributed by atoms with van der Waals surface area (Å²) in [4.78, 5) is 2.55. The van der Waals surface area contributed by atoms with Gasteiger partial charge >= 0.3 is 0 Å². The lowest BCUT2D eigenvalue weighted by Gasteiger charge is -2.37. The van der Waals surface area contributed by atoms with Crippen molar-refractivity contribution in [3.63, 3.8) is 0 Å². The second-order valence-corrected chi connectivity index (χ2v) is 5.56. The van der Waals surface area contributed by atoms with E-state index in [9.17, 15) is 5.11 Å². The van der Waals surface area contributed by atoms with Gasteiger partial charge < -0.3 is 10.4 Å². The predicted molar refractivity (Wildman–Crippen MR) is 68.7 cm³/mol. The fourth-order valence-electron chi connectivity index (χ4n) is 2.31. The Morgan fingerprint density at radius 3 is 2.75 bits per heavy atom. The van der Waals surface area contributed by atoms with Crippen molar-refractivity contribution in [2.45, 2.75) is 58.1 Å². The number of likely N-dealkylation sites (N-methyl/N-ethyl adjacent to an activating group) is 1. The summed E-state index contributed by atoms with van der Waals surface area (Å²) in [6, 6.07) is 0.677.